The van der Waals surface area contributed by atoms with Crippen molar-refractivity contribution in [1.82, 2.24) is 4.98 Å². The van der Waals surface area contributed by atoms with E-state index in [-0.39, 0.29) is 11.3 Å². The fourth-order valence-electron chi connectivity index (χ4n) is 1.34. The van der Waals surface area contributed by atoms with E-state index in [1.54, 1.807) is 0 Å². The predicted molar refractivity (Wildman–Crippen MR) is 53.6 cm³/mol. The summed E-state index contributed by atoms with van der Waals surface area (Å²) in [5, 5.41) is 8.63. The highest BCUT2D eigenvalue weighted by molar-refractivity contribution is 5.72. The molecule has 0 amide bonds. The summed E-state index contributed by atoms with van der Waals surface area (Å²) in [6, 6.07) is 0.887. The maximum Gasteiger partial charge on any atom is 0.573 e. The molecule has 0 aliphatic rings. The standard InChI is InChI=1S/C10H9F4NO4/c1-18-9-8(19-10(12,13)14)5(3-7(16)17)2-6(4-11)15-9/h2H,3-4H2,1H3,(H,16,17). The molecule has 0 bridgehead atoms. The van der Waals surface area contributed by atoms with E-state index < -0.39 is 37.1 Å². The third kappa shape index (κ3) is 4.27. The van der Waals surface area contributed by atoms with Crippen LogP contribution in [-0.4, -0.2) is 29.5 Å². The Labute approximate surface area is 104 Å². The van der Waals surface area contributed by atoms with Crippen molar-refractivity contribution in [3.63, 3.8) is 0 Å². The van der Waals surface area contributed by atoms with Crippen LogP contribution in [0.3, 0.4) is 0 Å². The fraction of sp³-hybridized carbons (Fsp3) is 0.400. The Hall–Kier alpha value is -2.06. The van der Waals surface area contributed by atoms with Gasteiger partial charge < -0.3 is 14.6 Å². The van der Waals surface area contributed by atoms with Gasteiger partial charge in [0.05, 0.1) is 19.2 Å². The number of hydrogen-bond acceptors (Lipinski definition) is 4. The molecule has 0 saturated heterocycles. The quantitative estimate of drug-likeness (QED) is 0.838. The first kappa shape index (κ1) is 15.0. The molecule has 5 nitrogen and oxygen atoms in total. The Bertz CT molecular complexity index is 475. The van der Waals surface area contributed by atoms with Gasteiger partial charge in [-0.1, -0.05) is 0 Å². The molecule has 0 aromatic carbocycles. The van der Waals surface area contributed by atoms with Crippen LogP contribution < -0.4 is 9.47 Å². The summed E-state index contributed by atoms with van der Waals surface area (Å²) in [6.07, 6.45) is -5.82. The van der Waals surface area contributed by atoms with Crippen LogP contribution in [0.25, 0.3) is 0 Å². The number of aliphatic carboxylic acids is 1. The lowest BCUT2D eigenvalue weighted by atomic mass is 10.1. The molecular formula is C10H9F4NO4. The maximum absolute atomic E-state index is 12.5. The van der Waals surface area contributed by atoms with Crippen molar-refractivity contribution < 1.29 is 36.9 Å². The number of carboxylic acid groups (broad SMARTS) is 1. The molecule has 19 heavy (non-hydrogen) atoms. The summed E-state index contributed by atoms with van der Waals surface area (Å²) < 4.78 is 57.4. The molecule has 1 aromatic rings. The molecular weight excluding hydrogens is 274 g/mol. The number of nitrogens with zero attached hydrogens (tertiary/aromatic N) is 1. The summed E-state index contributed by atoms with van der Waals surface area (Å²) in [5.74, 6) is -2.90. The molecule has 106 valence electrons. The lowest BCUT2D eigenvalue weighted by Crippen LogP contribution is -2.20. The lowest BCUT2D eigenvalue weighted by molar-refractivity contribution is -0.275. The van der Waals surface area contributed by atoms with Gasteiger partial charge in [0.25, 0.3) is 5.88 Å². The molecule has 0 aliphatic carbocycles. The zero-order valence-corrected chi connectivity index (χ0v) is 9.62. The van der Waals surface area contributed by atoms with Gasteiger partial charge in [0.15, 0.2) is 5.75 Å². The summed E-state index contributed by atoms with van der Waals surface area (Å²) in [4.78, 5) is 14.0. The Morgan fingerprint density at radius 2 is 2.11 bits per heavy atom. The van der Waals surface area contributed by atoms with Crippen LogP contribution in [0.15, 0.2) is 6.07 Å². The van der Waals surface area contributed by atoms with Crippen LogP contribution in [-0.2, 0) is 17.9 Å². The van der Waals surface area contributed by atoms with E-state index in [4.69, 9.17) is 5.11 Å². The Balaban J connectivity index is 3.32. The zero-order chi connectivity index (χ0) is 14.6. The van der Waals surface area contributed by atoms with Gasteiger partial charge in [-0.05, 0) is 6.07 Å². The number of carboxylic acids is 1. The van der Waals surface area contributed by atoms with Crippen molar-refractivity contribution in [3.05, 3.63) is 17.3 Å². The largest absolute Gasteiger partial charge is 0.573 e. The molecule has 0 atom stereocenters. The highest BCUT2D eigenvalue weighted by Gasteiger charge is 2.34. The third-order valence-corrected chi connectivity index (χ3v) is 1.96. The predicted octanol–water partition coefficient (Wildman–Crippen LogP) is 2.09. The maximum atomic E-state index is 12.5. The van der Waals surface area contributed by atoms with Crippen LogP contribution in [0.1, 0.15) is 11.3 Å². The summed E-state index contributed by atoms with van der Waals surface area (Å²) in [6.45, 7) is -1.07. The molecule has 0 radical (unpaired) electrons. The average Bonchev–Trinajstić information content (AvgIpc) is 2.28. The first-order valence-electron chi connectivity index (χ1n) is 4.87. The number of hydrogen-bond donors (Lipinski definition) is 1. The van der Waals surface area contributed by atoms with Gasteiger partial charge in [-0.15, -0.1) is 13.2 Å². The van der Waals surface area contributed by atoms with Crippen LogP contribution in [0.5, 0.6) is 11.6 Å². The molecule has 0 unspecified atom stereocenters. The monoisotopic (exact) mass is 283 g/mol. The third-order valence-electron chi connectivity index (χ3n) is 1.96. The van der Waals surface area contributed by atoms with E-state index in [1.807, 2.05) is 0 Å². The van der Waals surface area contributed by atoms with Crippen LogP contribution in [0.4, 0.5) is 17.6 Å². The highest BCUT2D eigenvalue weighted by Crippen LogP contribution is 2.35. The number of ether oxygens (including phenoxy) is 2. The Morgan fingerprint density at radius 1 is 1.47 bits per heavy atom. The van der Waals surface area contributed by atoms with E-state index in [1.165, 1.54) is 0 Å². The van der Waals surface area contributed by atoms with Crippen LogP contribution in [0, 0.1) is 0 Å². The van der Waals surface area contributed by atoms with E-state index in [0.29, 0.717) is 0 Å². The van der Waals surface area contributed by atoms with Gasteiger partial charge >= 0.3 is 12.3 Å². The van der Waals surface area contributed by atoms with Gasteiger partial charge in [-0.25, -0.2) is 9.37 Å². The molecule has 1 N–H and O–H groups in total. The second-order valence-corrected chi connectivity index (χ2v) is 3.36. The second-order valence-electron chi connectivity index (χ2n) is 3.36. The minimum absolute atomic E-state index is 0.248. The number of aromatic nitrogens is 1. The van der Waals surface area contributed by atoms with Crippen molar-refractivity contribution in [1.29, 1.82) is 0 Å². The average molecular weight is 283 g/mol. The van der Waals surface area contributed by atoms with Gasteiger partial charge in [-0.3, -0.25) is 4.79 Å². The second kappa shape index (κ2) is 5.72. The summed E-state index contributed by atoms with van der Waals surface area (Å²) in [7, 11) is 1.01. The fourth-order valence-corrected chi connectivity index (χ4v) is 1.34. The molecule has 1 aromatic heterocycles. The van der Waals surface area contributed by atoms with E-state index in [9.17, 15) is 22.4 Å². The van der Waals surface area contributed by atoms with Gasteiger partial charge in [0.1, 0.15) is 6.67 Å². The van der Waals surface area contributed by atoms with Crippen molar-refractivity contribution in [2.75, 3.05) is 7.11 Å². The first-order valence-corrected chi connectivity index (χ1v) is 4.87. The minimum Gasteiger partial charge on any atom is -0.481 e. The summed E-state index contributed by atoms with van der Waals surface area (Å²) in [5.41, 5.74) is -0.619. The number of alkyl halides is 4. The molecule has 0 spiro atoms. The molecule has 0 saturated carbocycles. The SMILES string of the molecule is COc1nc(CF)cc(CC(=O)O)c1OC(F)(F)F. The van der Waals surface area contributed by atoms with Crippen molar-refractivity contribution in [2.45, 2.75) is 19.5 Å². The summed E-state index contributed by atoms with van der Waals surface area (Å²) >= 11 is 0. The molecule has 9 heteroatoms. The minimum atomic E-state index is -5.04. The molecule has 0 aliphatic heterocycles. The molecule has 0 fully saturated rings. The van der Waals surface area contributed by atoms with Crippen LogP contribution >= 0.6 is 0 Å². The number of rotatable bonds is 5. The number of methoxy groups -OCH3 is 1. The van der Waals surface area contributed by atoms with Gasteiger partial charge in [0, 0.05) is 5.56 Å². The smallest absolute Gasteiger partial charge is 0.481 e. The van der Waals surface area contributed by atoms with Gasteiger partial charge in [0.2, 0.25) is 0 Å². The van der Waals surface area contributed by atoms with Gasteiger partial charge in [-0.2, -0.15) is 0 Å². The lowest BCUT2D eigenvalue weighted by Gasteiger charge is -2.15. The highest BCUT2D eigenvalue weighted by atomic mass is 19.4. The van der Waals surface area contributed by atoms with Crippen molar-refractivity contribution >= 4 is 5.97 Å². The number of halogens is 4. The molecule has 1 rings (SSSR count). The zero-order valence-electron chi connectivity index (χ0n) is 9.62. The van der Waals surface area contributed by atoms with E-state index in [0.717, 1.165) is 13.2 Å². The normalized spacial score (nSPS) is 11.2. The molecule has 1 heterocycles. The van der Waals surface area contributed by atoms with E-state index in [2.05, 4.69) is 14.5 Å². The first-order chi connectivity index (χ1) is 8.76. The van der Waals surface area contributed by atoms with E-state index >= 15 is 0 Å². The Kier molecular flexibility index (Phi) is 4.52. The topological polar surface area (TPSA) is 68.7 Å². The van der Waals surface area contributed by atoms with Crippen molar-refractivity contribution in [2.24, 2.45) is 0 Å². The number of carbonyl (C=O) groups is 1. The van der Waals surface area contributed by atoms with Crippen molar-refractivity contribution in [3.8, 4) is 11.6 Å². The Morgan fingerprint density at radius 3 is 2.53 bits per heavy atom. The number of pyridine rings is 1. The van der Waals surface area contributed by atoms with Crippen LogP contribution in [0.2, 0.25) is 0 Å².